The summed E-state index contributed by atoms with van der Waals surface area (Å²) in [7, 11) is 0. The Morgan fingerprint density at radius 1 is 0.619 bits per heavy atom. The van der Waals surface area contributed by atoms with Gasteiger partial charge in [-0.15, -0.1) is 0 Å². The minimum absolute atomic E-state index is 0. The van der Waals surface area contributed by atoms with Crippen LogP contribution in [0.4, 0.5) is 0 Å². The average Bonchev–Trinajstić information content (AvgIpc) is 2.22. The second-order valence-electron chi connectivity index (χ2n) is 3.91. The molecule has 0 aromatic rings. The molecule has 0 aromatic heterocycles. The van der Waals surface area contributed by atoms with Crippen LogP contribution in [0.25, 0.3) is 0 Å². The van der Waals surface area contributed by atoms with Crippen LogP contribution in [0.2, 0.25) is 0 Å². The van der Waals surface area contributed by atoms with E-state index in [0.29, 0.717) is 0 Å². The van der Waals surface area contributed by atoms with Crippen molar-refractivity contribution in [1.82, 2.24) is 9.80 Å². The van der Waals surface area contributed by atoms with Gasteiger partial charge < -0.3 is 39.6 Å². The SMILES string of the molecule is O=C([O-])CN(CCN(CC(=O)[O-])CC(=O)[O-])CC(=O)[O-].[Fe+2].[H+]. The van der Waals surface area contributed by atoms with Gasteiger partial charge >= 0.3 is 18.5 Å². The first-order chi connectivity index (χ1) is 9.20. The Morgan fingerprint density at radius 3 is 0.952 bits per heavy atom. The fourth-order valence-electron chi connectivity index (χ4n) is 1.44. The molecule has 0 rings (SSSR count). The van der Waals surface area contributed by atoms with Gasteiger partial charge in [0, 0.05) is 39.3 Å². The Balaban J connectivity index is -0.00000180. The van der Waals surface area contributed by atoms with E-state index in [1.165, 1.54) is 0 Å². The summed E-state index contributed by atoms with van der Waals surface area (Å²) < 4.78 is 0. The zero-order valence-corrected chi connectivity index (χ0v) is 11.9. The number of hydrogen-bond acceptors (Lipinski definition) is 10. The van der Waals surface area contributed by atoms with Gasteiger partial charge in [0.25, 0.3) is 0 Å². The van der Waals surface area contributed by atoms with Gasteiger partial charge in [0.2, 0.25) is 0 Å². The second kappa shape index (κ2) is 11.0. The Kier molecular flexibility index (Phi) is 11.4. The summed E-state index contributed by atoms with van der Waals surface area (Å²) >= 11 is 0. The van der Waals surface area contributed by atoms with Crippen LogP contribution >= 0.6 is 0 Å². The van der Waals surface area contributed by atoms with Crippen LogP contribution in [0.5, 0.6) is 0 Å². The monoisotopic (exact) mass is 345 g/mol. The average molecular weight is 345 g/mol. The minimum atomic E-state index is -1.53. The third kappa shape index (κ3) is 13.1. The van der Waals surface area contributed by atoms with Crippen LogP contribution in [0.3, 0.4) is 0 Å². The van der Waals surface area contributed by atoms with Crippen molar-refractivity contribution in [1.29, 1.82) is 0 Å². The van der Waals surface area contributed by atoms with Gasteiger partial charge in [0.1, 0.15) is 0 Å². The van der Waals surface area contributed by atoms with E-state index in [9.17, 15) is 39.6 Å². The molecule has 0 atom stereocenters. The first-order valence-corrected chi connectivity index (χ1v) is 5.44. The van der Waals surface area contributed by atoms with Crippen molar-refractivity contribution < 1.29 is 58.1 Å². The van der Waals surface area contributed by atoms with E-state index < -0.39 is 50.1 Å². The molecule has 0 fully saturated rings. The molecule has 0 heterocycles. The summed E-state index contributed by atoms with van der Waals surface area (Å²) in [5.41, 5.74) is 0. The molecule has 0 aromatic carbocycles. The molecule has 0 radical (unpaired) electrons. The van der Waals surface area contributed by atoms with Crippen molar-refractivity contribution in [3.05, 3.63) is 0 Å². The Bertz CT molecular complexity index is 327. The third-order valence-corrected chi connectivity index (χ3v) is 2.14. The van der Waals surface area contributed by atoms with Crippen LogP contribution in [0.1, 0.15) is 1.43 Å². The molecule has 0 amide bonds. The topological polar surface area (TPSA) is 167 Å². The van der Waals surface area contributed by atoms with E-state index >= 15 is 0 Å². The first-order valence-electron chi connectivity index (χ1n) is 5.44. The van der Waals surface area contributed by atoms with Crippen LogP contribution in [0, 0.1) is 0 Å². The quantitative estimate of drug-likeness (QED) is 0.328. The summed E-state index contributed by atoms with van der Waals surface area (Å²) in [6.45, 7) is -3.25. The first kappa shape index (κ1) is 21.6. The predicted octanol–water partition coefficient (Wildman–Crippen LogP) is -7.30. The number of rotatable bonds is 11. The molecule has 0 aliphatic heterocycles. The minimum Gasteiger partial charge on any atom is -0.549 e. The van der Waals surface area contributed by atoms with Crippen molar-refractivity contribution >= 4 is 23.9 Å². The van der Waals surface area contributed by atoms with E-state index in [2.05, 4.69) is 0 Å². The van der Waals surface area contributed by atoms with Gasteiger partial charge in [0.05, 0.1) is 23.9 Å². The maximum absolute atomic E-state index is 10.4. The Hall–Kier alpha value is -1.68. The number of aliphatic carboxylic acids is 4. The van der Waals surface area contributed by atoms with Gasteiger partial charge in [-0.3, -0.25) is 9.80 Å². The smallest absolute Gasteiger partial charge is 0.549 e. The van der Waals surface area contributed by atoms with E-state index in [1.807, 2.05) is 0 Å². The van der Waals surface area contributed by atoms with Crippen molar-refractivity contribution in [2.24, 2.45) is 0 Å². The standard InChI is InChI=1S/C10H16N2O8.Fe/c13-7(14)3-11(4-8(15)16)1-2-12(5-9(17)18)6-10(19)20;/h1-6H2,(H,13,14)(H,15,16)(H,17,18)(H,19,20);/q;+2/p-3. The summed E-state index contributed by atoms with van der Waals surface area (Å²) in [6, 6.07) is 0. The molecule has 21 heavy (non-hydrogen) atoms. The van der Waals surface area contributed by atoms with Crippen LogP contribution < -0.4 is 20.4 Å². The summed E-state index contributed by atoms with van der Waals surface area (Å²) in [6.07, 6.45) is 0. The molecular formula is C10H13FeN2O8-. The van der Waals surface area contributed by atoms with E-state index in [-0.39, 0.29) is 31.6 Å². The fourth-order valence-corrected chi connectivity index (χ4v) is 1.44. The van der Waals surface area contributed by atoms with E-state index in [1.54, 1.807) is 0 Å². The van der Waals surface area contributed by atoms with Gasteiger partial charge in [-0.2, -0.15) is 0 Å². The summed E-state index contributed by atoms with van der Waals surface area (Å²) in [4.78, 5) is 43.4. The summed E-state index contributed by atoms with van der Waals surface area (Å²) in [5, 5.41) is 41.6. The third-order valence-electron chi connectivity index (χ3n) is 2.14. The van der Waals surface area contributed by atoms with Crippen LogP contribution in [0.15, 0.2) is 0 Å². The van der Waals surface area contributed by atoms with Gasteiger partial charge in [-0.05, 0) is 0 Å². The molecular weight excluding hydrogens is 332 g/mol. The maximum Gasteiger partial charge on any atom is 2.00 e. The van der Waals surface area contributed by atoms with Crippen LogP contribution in [-0.4, -0.2) is 72.9 Å². The molecule has 0 aliphatic carbocycles. The van der Waals surface area contributed by atoms with E-state index in [4.69, 9.17) is 0 Å². The number of hydrogen-bond donors (Lipinski definition) is 0. The normalized spacial score (nSPS) is 10.2. The van der Waals surface area contributed by atoms with Crippen LogP contribution in [-0.2, 0) is 36.2 Å². The molecule has 0 unspecified atom stereocenters. The maximum atomic E-state index is 10.4. The Labute approximate surface area is 131 Å². The zero-order valence-electron chi connectivity index (χ0n) is 11.8. The second-order valence-corrected chi connectivity index (χ2v) is 3.91. The molecule has 0 aliphatic rings. The van der Waals surface area contributed by atoms with Gasteiger partial charge in [-0.25, -0.2) is 0 Å². The van der Waals surface area contributed by atoms with Crippen molar-refractivity contribution in [2.75, 3.05) is 39.3 Å². The predicted molar refractivity (Wildman–Crippen MR) is 54.0 cm³/mol. The molecule has 0 N–H and O–H groups in total. The Morgan fingerprint density at radius 2 is 0.810 bits per heavy atom. The molecule has 120 valence electrons. The number of carbonyl (C=O) groups is 4. The molecule has 11 heteroatoms. The van der Waals surface area contributed by atoms with E-state index in [0.717, 1.165) is 9.80 Å². The molecule has 10 nitrogen and oxygen atoms in total. The largest absolute Gasteiger partial charge is 2.00 e. The van der Waals surface area contributed by atoms with Gasteiger partial charge in [0.15, 0.2) is 0 Å². The number of nitrogens with zero attached hydrogens (tertiary/aromatic N) is 2. The molecule has 0 saturated heterocycles. The van der Waals surface area contributed by atoms with Gasteiger partial charge in [-0.1, -0.05) is 0 Å². The molecule has 0 spiro atoms. The zero-order chi connectivity index (χ0) is 15.7. The van der Waals surface area contributed by atoms with Crippen molar-refractivity contribution in [3.8, 4) is 0 Å². The summed E-state index contributed by atoms with van der Waals surface area (Å²) in [5.74, 6) is -6.12. The number of carboxylic acids is 4. The van der Waals surface area contributed by atoms with Crippen molar-refractivity contribution in [2.45, 2.75) is 0 Å². The van der Waals surface area contributed by atoms with Crippen molar-refractivity contribution in [3.63, 3.8) is 0 Å². The number of carboxylic acid groups (broad SMARTS) is 4. The molecule has 0 saturated carbocycles. The number of carbonyl (C=O) groups excluding carboxylic acids is 4. The fraction of sp³-hybridized carbons (Fsp3) is 0.600. The molecule has 0 bridgehead atoms.